The number of nitrogens with one attached hydrogen (secondary N) is 1. The number of pyridine rings is 2. The van der Waals surface area contributed by atoms with Gasteiger partial charge in [0.2, 0.25) is 0 Å². The second kappa shape index (κ2) is 5.71. The lowest BCUT2D eigenvalue weighted by Crippen LogP contribution is -2.10. The van der Waals surface area contributed by atoms with Crippen LogP contribution < -0.4 is 5.43 Å². The zero-order valence-corrected chi connectivity index (χ0v) is 11.4. The molecule has 0 unspecified atom stereocenters. The molecule has 0 aliphatic heterocycles. The van der Waals surface area contributed by atoms with Gasteiger partial charge in [-0.1, -0.05) is 5.16 Å². The Balaban J connectivity index is 2.63. The van der Waals surface area contributed by atoms with Gasteiger partial charge in [-0.05, 0) is 30.9 Å². The quantitative estimate of drug-likeness (QED) is 0.390. The minimum Gasteiger partial charge on any atom is -0.411 e. The van der Waals surface area contributed by atoms with Crippen LogP contribution in [-0.2, 0) is 0 Å². The molecule has 2 heterocycles. The van der Waals surface area contributed by atoms with E-state index in [4.69, 9.17) is 5.21 Å². The molecule has 0 amide bonds. The van der Waals surface area contributed by atoms with Crippen LogP contribution in [0.3, 0.4) is 0 Å². The van der Waals surface area contributed by atoms with Gasteiger partial charge >= 0.3 is 0 Å². The lowest BCUT2D eigenvalue weighted by atomic mass is 10.2. The number of aromatic nitrogens is 2. The molecule has 0 fully saturated rings. The Morgan fingerprint density at radius 2 is 2.26 bits per heavy atom. The van der Waals surface area contributed by atoms with E-state index in [9.17, 15) is 4.79 Å². The zero-order valence-electron chi connectivity index (χ0n) is 10.5. The summed E-state index contributed by atoms with van der Waals surface area (Å²) in [6, 6.07) is 5.26. The minimum atomic E-state index is -0.126. The first-order valence-electron chi connectivity index (χ1n) is 5.57. The zero-order chi connectivity index (χ0) is 13.8. The number of hydrogen-bond donors (Lipinski definition) is 2. The molecule has 0 radical (unpaired) electrons. The summed E-state index contributed by atoms with van der Waals surface area (Å²) in [7, 11) is 0. The molecule has 0 aliphatic rings. The van der Waals surface area contributed by atoms with Crippen molar-refractivity contribution >= 4 is 18.0 Å². The summed E-state index contributed by atoms with van der Waals surface area (Å²) in [5.41, 5.74) is 2.68. The van der Waals surface area contributed by atoms with Crippen LogP contribution in [0.2, 0.25) is 0 Å². The van der Waals surface area contributed by atoms with Gasteiger partial charge in [-0.15, -0.1) is 11.8 Å². The van der Waals surface area contributed by atoms with Crippen molar-refractivity contribution in [3.63, 3.8) is 0 Å². The van der Waals surface area contributed by atoms with Crippen molar-refractivity contribution in [1.82, 2.24) is 9.97 Å². The first kappa shape index (κ1) is 13.4. The highest BCUT2D eigenvalue weighted by Crippen LogP contribution is 2.19. The number of H-pyrrole nitrogens is 1. The molecule has 0 spiro atoms. The summed E-state index contributed by atoms with van der Waals surface area (Å²) in [6.07, 6.45) is 4.70. The Labute approximate surface area is 114 Å². The summed E-state index contributed by atoms with van der Waals surface area (Å²) < 4.78 is 0. The van der Waals surface area contributed by atoms with Crippen molar-refractivity contribution in [3.05, 3.63) is 45.9 Å². The molecule has 0 saturated heterocycles. The first-order chi connectivity index (χ1) is 9.15. The Morgan fingerprint density at radius 1 is 1.47 bits per heavy atom. The van der Waals surface area contributed by atoms with Crippen molar-refractivity contribution in [1.29, 1.82) is 0 Å². The molecule has 19 heavy (non-hydrogen) atoms. The van der Waals surface area contributed by atoms with E-state index >= 15 is 0 Å². The van der Waals surface area contributed by atoms with Gasteiger partial charge in [-0.25, -0.2) is 0 Å². The fourth-order valence-electron chi connectivity index (χ4n) is 1.75. The molecule has 98 valence electrons. The number of aromatic amines is 1. The van der Waals surface area contributed by atoms with E-state index in [1.807, 2.05) is 19.1 Å². The fourth-order valence-corrected chi connectivity index (χ4v) is 2.33. The molecule has 6 heteroatoms. The summed E-state index contributed by atoms with van der Waals surface area (Å²) >= 11 is 1.30. The number of thioether (sulfide) groups is 1. The fraction of sp³-hybridized carbons (Fsp3) is 0.154. The van der Waals surface area contributed by atoms with Gasteiger partial charge in [0, 0.05) is 12.3 Å². The van der Waals surface area contributed by atoms with Gasteiger partial charge in [-0.2, -0.15) is 0 Å². The van der Waals surface area contributed by atoms with Gasteiger partial charge in [-0.3, -0.25) is 9.78 Å². The molecule has 0 aliphatic carbocycles. The minimum absolute atomic E-state index is 0.126. The van der Waals surface area contributed by atoms with Crippen LogP contribution in [0.4, 0.5) is 0 Å². The molecule has 2 N–H and O–H groups in total. The van der Waals surface area contributed by atoms with E-state index in [0.717, 1.165) is 5.56 Å². The smallest absolute Gasteiger partial charge is 0.196 e. The van der Waals surface area contributed by atoms with Crippen LogP contribution in [0.15, 0.2) is 39.2 Å². The highest BCUT2D eigenvalue weighted by molar-refractivity contribution is 7.98. The largest absolute Gasteiger partial charge is 0.411 e. The third-order valence-corrected chi connectivity index (χ3v) is 3.42. The van der Waals surface area contributed by atoms with Crippen molar-refractivity contribution in [2.45, 2.75) is 11.8 Å². The molecular formula is C13H13N3O2S. The van der Waals surface area contributed by atoms with Gasteiger partial charge < -0.3 is 10.2 Å². The second-order valence-corrected chi connectivity index (χ2v) is 4.77. The molecule has 2 rings (SSSR count). The first-order valence-corrected chi connectivity index (χ1v) is 6.80. The van der Waals surface area contributed by atoms with Gasteiger partial charge in [0.25, 0.3) is 0 Å². The normalized spacial score (nSPS) is 11.1. The van der Waals surface area contributed by atoms with Gasteiger partial charge in [0.15, 0.2) is 5.43 Å². The van der Waals surface area contributed by atoms with E-state index < -0.39 is 0 Å². The highest BCUT2D eigenvalue weighted by atomic mass is 32.2. The van der Waals surface area contributed by atoms with Crippen molar-refractivity contribution < 1.29 is 5.21 Å². The van der Waals surface area contributed by atoms with E-state index in [1.54, 1.807) is 12.5 Å². The van der Waals surface area contributed by atoms with Crippen LogP contribution in [-0.4, -0.2) is 27.6 Å². The lowest BCUT2D eigenvalue weighted by molar-refractivity contribution is 0.321. The van der Waals surface area contributed by atoms with Crippen molar-refractivity contribution in [2.24, 2.45) is 5.16 Å². The monoisotopic (exact) mass is 275 g/mol. The van der Waals surface area contributed by atoms with E-state index in [2.05, 4.69) is 15.1 Å². The van der Waals surface area contributed by atoms with Crippen LogP contribution in [0.5, 0.6) is 0 Å². The molecule has 2 aromatic rings. The number of oxime groups is 1. The summed E-state index contributed by atoms with van der Waals surface area (Å²) in [5.74, 6) is 0. The van der Waals surface area contributed by atoms with Crippen LogP contribution in [0.25, 0.3) is 11.4 Å². The molecule has 2 aromatic heterocycles. The van der Waals surface area contributed by atoms with E-state index in [1.165, 1.54) is 24.0 Å². The second-order valence-electron chi connectivity index (χ2n) is 3.96. The maximum absolute atomic E-state index is 12.0. The van der Waals surface area contributed by atoms with Gasteiger partial charge in [0.05, 0.1) is 28.2 Å². The highest BCUT2D eigenvalue weighted by Gasteiger charge is 2.09. The number of hydrogen-bond acceptors (Lipinski definition) is 5. The third-order valence-electron chi connectivity index (χ3n) is 2.60. The SMILES string of the molecule is CSc1c(/C=N/O)[nH]c(-c2cc(C)ccn2)cc1=O. The van der Waals surface area contributed by atoms with E-state index in [-0.39, 0.29) is 5.43 Å². The Hall–Kier alpha value is -2.08. The summed E-state index contributed by atoms with van der Waals surface area (Å²) in [5, 5.41) is 11.6. The molecule has 5 nitrogen and oxygen atoms in total. The molecule has 0 aromatic carbocycles. The van der Waals surface area contributed by atoms with Crippen LogP contribution in [0.1, 0.15) is 11.3 Å². The Bertz CT molecular complexity index is 680. The predicted molar refractivity (Wildman–Crippen MR) is 76.2 cm³/mol. The molecule has 0 saturated carbocycles. The van der Waals surface area contributed by atoms with Crippen LogP contribution in [0, 0.1) is 6.92 Å². The van der Waals surface area contributed by atoms with Crippen molar-refractivity contribution in [3.8, 4) is 11.4 Å². The molecule has 0 bridgehead atoms. The Kier molecular flexibility index (Phi) is 4.01. The van der Waals surface area contributed by atoms with E-state index in [0.29, 0.717) is 22.0 Å². The summed E-state index contributed by atoms with van der Waals surface area (Å²) in [6.45, 7) is 1.95. The predicted octanol–water partition coefficient (Wildman–Crippen LogP) is 2.28. The number of rotatable bonds is 3. The van der Waals surface area contributed by atoms with Crippen molar-refractivity contribution in [2.75, 3.05) is 6.26 Å². The average molecular weight is 275 g/mol. The maximum Gasteiger partial charge on any atom is 0.196 e. The maximum atomic E-state index is 12.0. The summed E-state index contributed by atoms with van der Waals surface area (Å²) in [4.78, 5) is 19.8. The average Bonchev–Trinajstić information content (AvgIpc) is 2.39. The lowest BCUT2D eigenvalue weighted by Gasteiger charge is -2.06. The molecule has 0 atom stereocenters. The van der Waals surface area contributed by atoms with Gasteiger partial charge in [0.1, 0.15) is 0 Å². The standard InChI is InChI=1S/C13H13N3O2S/c1-8-3-4-14-9(5-8)10-6-12(17)13(19-2)11(16-10)7-15-18/h3-7,18H,1-2H3,(H,16,17)/b15-7+. The Morgan fingerprint density at radius 3 is 2.89 bits per heavy atom. The van der Waals surface area contributed by atoms with Crippen LogP contribution >= 0.6 is 11.8 Å². The number of nitrogens with zero attached hydrogens (tertiary/aromatic N) is 2. The molecular weight excluding hydrogens is 262 g/mol. The topological polar surface area (TPSA) is 78.3 Å². The number of aryl methyl sites for hydroxylation is 1. The third kappa shape index (κ3) is 2.85.